The highest BCUT2D eigenvalue weighted by atomic mass is 35.5. The van der Waals surface area contributed by atoms with Gasteiger partial charge in [-0.05, 0) is 30.3 Å². The van der Waals surface area contributed by atoms with Gasteiger partial charge in [-0.1, -0.05) is 60.1 Å². The number of nitrogens with one attached hydrogen (secondary N) is 1. The molecule has 1 saturated heterocycles. The summed E-state index contributed by atoms with van der Waals surface area (Å²) in [7, 11) is 0. The van der Waals surface area contributed by atoms with Gasteiger partial charge in [0.05, 0.1) is 19.1 Å². The van der Waals surface area contributed by atoms with Crippen LogP contribution >= 0.6 is 11.6 Å². The Morgan fingerprint density at radius 3 is 1.74 bits per heavy atom. The smallest absolute Gasteiger partial charge is 0.150 e. The van der Waals surface area contributed by atoms with E-state index in [2.05, 4.69) is 17.0 Å². The molecule has 0 amide bonds. The average molecular weight is 459 g/mol. The van der Waals surface area contributed by atoms with Crippen LogP contribution in [0.4, 0.5) is 5.69 Å². The van der Waals surface area contributed by atoms with Crippen LogP contribution in [0, 0.1) is 0 Å². The molecule has 0 aromatic heterocycles. The SMILES string of the molecule is Clc1ccccc1[NH+]1CCN(C(COc2ccccc2)COc2ccccc2)CC1.[Cl-]. The van der Waals surface area contributed by atoms with Crippen molar-refractivity contribution in [2.45, 2.75) is 6.04 Å². The highest BCUT2D eigenvalue weighted by Gasteiger charge is 2.29. The minimum Gasteiger partial charge on any atom is -1.00 e. The highest BCUT2D eigenvalue weighted by molar-refractivity contribution is 6.32. The summed E-state index contributed by atoms with van der Waals surface area (Å²) in [6.07, 6.45) is 0. The molecule has 0 atom stereocenters. The molecule has 4 rings (SSSR count). The van der Waals surface area contributed by atoms with Crippen LogP contribution in [0.1, 0.15) is 0 Å². The molecule has 0 aliphatic carbocycles. The summed E-state index contributed by atoms with van der Waals surface area (Å²) in [5.41, 5.74) is 1.19. The Kier molecular flexibility index (Phi) is 9.04. The Morgan fingerprint density at radius 1 is 0.742 bits per heavy atom. The minimum absolute atomic E-state index is 0. The number of ether oxygens (including phenoxy) is 2. The maximum absolute atomic E-state index is 6.42. The van der Waals surface area contributed by atoms with Gasteiger partial charge in [-0.25, -0.2) is 0 Å². The van der Waals surface area contributed by atoms with Crippen molar-refractivity contribution in [2.75, 3.05) is 39.4 Å². The topological polar surface area (TPSA) is 26.1 Å². The van der Waals surface area contributed by atoms with E-state index in [1.54, 1.807) is 0 Å². The van der Waals surface area contributed by atoms with E-state index in [0.717, 1.165) is 42.7 Å². The van der Waals surface area contributed by atoms with Gasteiger partial charge in [-0.3, -0.25) is 9.80 Å². The third kappa shape index (κ3) is 6.62. The van der Waals surface area contributed by atoms with Gasteiger partial charge >= 0.3 is 0 Å². The largest absolute Gasteiger partial charge is 1.00 e. The molecule has 4 nitrogen and oxygen atoms in total. The van der Waals surface area contributed by atoms with Crippen LogP contribution in [-0.2, 0) is 0 Å². The van der Waals surface area contributed by atoms with Crippen LogP contribution in [0.3, 0.4) is 0 Å². The highest BCUT2D eigenvalue weighted by Crippen LogP contribution is 2.18. The molecule has 31 heavy (non-hydrogen) atoms. The number of nitrogens with zero attached hydrogens (tertiary/aromatic N) is 1. The first kappa shape index (κ1) is 23.4. The molecular formula is C25H28Cl2N2O2. The van der Waals surface area contributed by atoms with Gasteiger partial charge in [0.2, 0.25) is 0 Å². The number of benzene rings is 3. The second-order valence-corrected chi connectivity index (χ2v) is 7.93. The summed E-state index contributed by atoms with van der Waals surface area (Å²) in [5.74, 6) is 1.78. The lowest BCUT2D eigenvalue weighted by Crippen LogP contribution is -3.10. The Bertz CT molecular complexity index is 860. The van der Waals surface area contributed by atoms with E-state index in [0.29, 0.717) is 13.2 Å². The van der Waals surface area contributed by atoms with E-state index in [1.165, 1.54) is 10.6 Å². The maximum atomic E-state index is 6.42. The number of rotatable bonds is 8. The molecule has 1 N–H and O–H groups in total. The number of para-hydroxylation sites is 3. The molecule has 1 aliphatic heterocycles. The summed E-state index contributed by atoms with van der Waals surface area (Å²) >= 11 is 6.42. The number of hydrogen-bond acceptors (Lipinski definition) is 3. The van der Waals surface area contributed by atoms with Gasteiger partial charge in [-0.15, -0.1) is 0 Å². The lowest BCUT2D eigenvalue weighted by atomic mass is 10.2. The molecule has 0 radical (unpaired) electrons. The molecule has 6 heteroatoms. The van der Waals surface area contributed by atoms with Crippen molar-refractivity contribution in [1.29, 1.82) is 0 Å². The predicted molar refractivity (Wildman–Crippen MR) is 121 cm³/mol. The lowest BCUT2D eigenvalue weighted by Gasteiger charge is -2.37. The van der Waals surface area contributed by atoms with Crippen molar-refractivity contribution >= 4 is 17.3 Å². The van der Waals surface area contributed by atoms with E-state index in [4.69, 9.17) is 21.1 Å². The molecule has 3 aromatic rings. The van der Waals surface area contributed by atoms with Crippen LogP contribution in [-0.4, -0.2) is 50.3 Å². The monoisotopic (exact) mass is 458 g/mol. The van der Waals surface area contributed by atoms with Gasteiger partial charge in [0.15, 0.2) is 0 Å². The Balaban J connectivity index is 0.00000272. The number of halogens is 2. The zero-order chi connectivity index (χ0) is 20.6. The lowest BCUT2D eigenvalue weighted by molar-refractivity contribution is -0.838. The van der Waals surface area contributed by atoms with Crippen molar-refractivity contribution in [3.63, 3.8) is 0 Å². The molecule has 0 spiro atoms. The van der Waals surface area contributed by atoms with Gasteiger partial charge in [0.25, 0.3) is 0 Å². The van der Waals surface area contributed by atoms with Crippen LogP contribution in [0.5, 0.6) is 11.5 Å². The Hall–Kier alpha value is -2.24. The first-order chi connectivity index (χ1) is 14.8. The first-order valence-electron chi connectivity index (χ1n) is 10.5. The summed E-state index contributed by atoms with van der Waals surface area (Å²) in [6.45, 7) is 5.16. The van der Waals surface area contributed by atoms with Crippen LogP contribution in [0.2, 0.25) is 5.02 Å². The summed E-state index contributed by atoms with van der Waals surface area (Å²) in [4.78, 5) is 3.91. The van der Waals surface area contributed by atoms with Gasteiger partial charge in [0.1, 0.15) is 35.4 Å². The molecule has 3 aromatic carbocycles. The molecule has 1 fully saturated rings. The molecule has 0 saturated carbocycles. The van der Waals surface area contributed by atoms with Crippen molar-refractivity contribution in [2.24, 2.45) is 0 Å². The average Bonchev–Trinajstić information content (AvgIpc) is 2.81. The predicted octanol–water partition coefficient (Wildman–Crippen LogP) is 0.703. The number of quaternary nitrogens is 1. The fourth-order valence-corrected chi connectivity index (χ4v) is 4.12. The van der Waals surface area contributed by atoms with Gasteiger partial charge < -0.3 is 21.9 Å². The van der Waals surface area contributed by atoms with Crippen LogP contribution in [0.25, 0.3) is 0 Å². The molecule has 1 heterocycles. The van der Waals surface area contributed by atoms with E-state index >= 15 is 0 Å². The van der Waals surface area contributed by atoms with Crippen molar-refractivity contribution < 1.29 is 26.8 Å². The molecule has 0 unspecified atom stereocenters. The minimum atomic E-state index is 0. The molecule has 0 bridgehead atoms. The third-order valence-electron chi connectivity index (χ3n) is 5.54. The Morgan fingerprint density at radius 2 is 1.23 bits per heavy atom. The Labute approximate surface area is 195 Å². The van der Waals surface area contributed by atoms with Crippen molar-refractivity contribution in [3.8, 4) is 11.5 Å². The number of piperazine rings is 1. The van der Waals surface area contributed by atoms with Gasteiger partial charge in [0, 0.05) is 19.2 Å². The molecular weight excluding hydrogens is 431 g/mol. The molecule has 1 aliphatic rings. The first-order valence-corrected chi connectivity index (χ1v) is 10.9. The normalized spacial score (nSPS) is 14.8. The van der Waals surface area contributed by atoms with E-state index < -0.39 is 0 Å². The maximum Gasteiger partial charge on any atom is 0.150 e. The number of hydrogen-bond donors (Lipinski definition) is 1. The second-order valence-electron chi connectivity index (χ2n) is 7.52. The van der Waals surface area contributed by atoms with E-state index in [1.807, 2.05) is 72.8 Å². The van der Waals surface area contributed by atoms with Crippen LogP contribution in [0.15, 0.2) is 84.9 Å². The zero-order valence-electron chi connectivity index (χ0n) is 17.4. The standard InChI is InChI=1S/C25H27ClN2O2.ClH/c26-24-13-7-8-14-25(24)28-17-15-27(16-18-28)21(19-29-22-9-3-1-4-10-22)20-30-23-11-5-2-6-12-23;/h1-14,21H,15-20H2;1H. The van der Waals surface area contributed by atoms with Crippen molar-refractivity contribution in [3.05, 3.63) is 90.0 Å². The second kappa shape index (κ2) is 12.0. The fraction of sp³-hybridized carbons (Fsp3) is 0.280. The fourth-order valence-electron chi connectivity index (χ4n) is 3.85. The molecule has 164 valence electrons. The quantitative estimate of drug-likeness (QED) is 0.538. The van der Waals surface area contributed by atoms with Crippen molar-refractivity contribution in [1.82, 2.24) is 4.90 Å². The van der Waals surface area contributed by atoms with E-state index in [9.17, 15) is 0 Å². The van der Waals surface area contributed by atoms with Crippen LogP contribution < -0.4 is 26.8 Å². The van der Waals surface area contributed by atoms with E-state index in [-0.39, 0.29) is 18.4 Å². The summed E-state index contributed by atoms with van der Waals surface area (Å²) in [5, 5.41) is 0.845. The van der Waals surface area contributed by atoms with Gasteiger partial charge in [-0.2, -0.15) is 0 Å². The third-order valence-corrected chi connectivity index (χ3v) is 5.87. The summed E-state index contributed by atoms with van der Waals surface area (Å²) in [6, 6.07) is 28.3. The summed E-state index contributed by atoms with van der Waals surface area (Å²) < 4.78 is 12.2. The zero-order valence-corrected chi connectivity index (χ0v) is 18.9.